The summed E-state index contributed by atoms with van der Waals surface area (Å²) in [5.41, 5.74) is 1.05. The van der Waals surface area contributed by atoms with Gasteiger partial charge in [-0.1, -0.05) is 6.07 Å². The van der Waals surface area contributed by atoms with Crippen molar-refractivity contribution in [3.05, 3.63) is 23.8 Å². The summed E-state index contributed by atoms with van der Waals surface area (Å²) in [6, 6.07) is 5.84. The number of rotatable bonds is 5. The molecule has 1 atom stereocenters. The molecule has 3 rings (SSSR count). The number of hydrogen-bond acceptors (Lipinski definition) is 4. The number of carbonyl (C=O) groups is 2. The molecule has 1 aromatic rings. The zero-order valence-corrected chi connectivity index (χ0v) is 14.3. The summed E-state index contributed by atoms with van der Waals surface area (Å²) in [5, 5.41) is 0. The second-order valence-corrected chi connectivity index (χ2v) is 6.28. The van der Waals surface area contributed by atoms with Crippen molar-refractivity contribution in [3.8, 4) is 11.5 Å². The first-order valence-corrected chi connectivity index (χ1v) is 8.43. The highest BCUT2D eigenvalue weighted by molar-refractivity contribution is 5.86. The van der Waals surface area contributed by atoms with Crippen LogP contribution >= 0.6 is 0 Å². The Morgan fingerprint density at radius 2 is 1.96 bits per heavy atom. The van der Waals surface area contributed by atoms with Crippen LogP contribution in [-0.2, 0) is 9.59 Å². The number of hydrogen-bond donors (Lipinski definition) is 0. The minimum atomic E-state index is 0.0301. The zero-order chi connectivity index (χ0) is 17.1. The molecular formula is C18H24N2O4. The SMILES string of the molecule is COc1ccc(C2CCCN2C(=O)CN2CCCC2=O)cc1OC. The van der Waals surface area contributed by atoms with Crippen LogP contribution in [0.3, 0.4) is 0 Å². The molecule has 6 heteroatoms. The highest BCUT2D eigenvalue weighted by Crippen LogP contribution is 2.37. The van der Waals surface area contributed by atoms with E-state index in [1.807, 2.05) is 23.1 Å². The lowest BCUT2D eigenvalue weighted by Crippen LogP contribution is -2.40. The first-order chi connectivity index (χ1) is 11.6. The molecule has 2 saturated heterocycles. The Morgan fingerprint density at radius 3 is 2.62 bits per heavy atom. The van der Waals surface area contributed by atoms with E-state index in [9.17, 15) is 9.59 Å². The fourth-order valence-electron chi connectivity index (χ4n) is 3.60. The van der Waals surface area contributed by atoms with Crippen LogP contribution in [0.25, 0.3) is 0 Å². The lowest BCUT2D eigenvalue weighted by molar-refractivity contribution is -0.139. The van der Waals surface area contributed by atoms with Gasteiger partial charge in [-0.3, -0.25) is 9.59 Å². The minimum absolute atomic E-state index is 0.0301. The molecule has 0 N–H and O–H groups in total. The van der Waals surface area contributed by atoms with E-state index in [-0.39, 0.29) is 24.4 Å². The van der Waals surface area contributed by atoms with Gasteiger partial charge >= 0.3 is 0 Å². The zero-order valence-electron chi connectivity index (χ0n) is 14.3. The number of carbonyl (C=O) groups excluding carboxylic acids is 2. The van der Waals surface area contributed by atoms with Gasteiger partial charge in [-0.2, -0.15) is 0 Å². The predicted octanol–water partition coefficient (Wildman–Crippen LogP) is 1.99. The summed E-state index contributed by atoms with van der Waals surface area (Å²) in [5.74, 6) is 1.47. The Bertz CT molecular complexity index is 631. The smallest absolute Gasteiger partial charge is 0.242 e. The van der Waals surface area contributed by atoms with Crippen molar-refractivity contribution in [2.24, 2.45) is 0 Å². The lowest BCUT2D eigenvalue weighted by Gasteiger charge is -2.27. The fourth-order valence-corrected chi connectivity index (χ4v) is 3.60. The van der Waals surface area contributed by atoms with Gasteiger partial charge in [-0.05, 0) is 37.0 Å². The maximum atomic E-state index is 12.7. The number of benzene rings is 1. The molecule has 0 aliphatic carbocycles. The Balaban J connectivity index is 1.75. The van der Waals surface area contributed by atoms with Gasteiger partial charge in [0.1, 0.15) is 0 Å². The fraction of sp³-hybridized carbons (Fsp3) is 0.556. The summed E-state index contributed by atoms with van der Waals surface area (Å²) in [6.07, 6.45) is 3.31. The highest BCUT2D eigenvalue weighted by Gasteiger charge is 2.32. The Labute approximate surface area is 142 Å². The van der Waals surface area contributed by atoms with Gasteiger partial charge in [0.05, 0.1) is 26.8 Å². The maximum absolute atomic E-state index is 12.7. The van der Waals surface area contributed by atoms with Gasteiger partial charge in [0.25, 0.3) is 0 Å². The van der Waals surface area contributed by atoms with Crippen molar-refractivity contribution in [2.75, 3.05) is 33.9 Å². The topological polar surface area (TPSA) is 59.1 Å². The summed E-state index contributed by atoms with van der Waals surface area (Å²) >= 11 is 0. The van der Waals surface area contributed by atoms with Gasteiger partial charge in [-0.15, -0.1) is 0 Å². The summed E-state index contributed by atoms with van der Waals surface area (Å²) < 4.78 is 10.7. The second kappa shape index (κ2) is 7.11. The van der Waals surface area contributed by atoms with Crippen LogP contribution in [0.2, 0.25) is 0 Å². The summed E-state index contributed by atoms with van der Waals surface area (Å²) in [6.45, 7) is 1.63. The summed E-state index contributed by atoms with van der Waals surface area (Å²) in [4.78, 5) is 28.0. The standard InChI is InChI=1S/C18H24N2O4/c1-23-15-8-7-13(11-16(15)24-2)14-5-3-10-20(14)18(22)12-19-9-4-6-17(19)21/h7-8,11,14H,3-6,9-10,12H2,1-2H3. The Kier molecular flexibility index (Phi) is 4.92. The third kappa shape index (κ3) is 3.18. The number of likely N-dealkylation sites (tertiary alicyclic amines) is 2. The van der Waals surface area contributed by atoms with Crippen LogP contribution in [0.15, 0.2) is 18.2 Å². The lowest BCUT2D eigenvalue weighted by atomic mass is 10.0. The molecular weight excluding hydrogens is 308 g/mol. The maximum Gasteiger partial charge on any atom is 0.242 e. The van der Waals surface area contributed by atoms with Crippen LogP contribution < -0.4 is 9.47 Å². The molecule has 6 nitrogen and oxygen atoms in total. The van der Waals surface area contributed by atoms with Crippen molar-refractivity contribution in [1.29, 1.82) is 0 Å². The molecule has 2 aliphatic rings. The van der Waals surface area contributed by atoms with Crippen LogP contribution in [-0.4, -0.2) is 55.5 Å². The van der Waals surface area contributed by atoms with E-state index in [1.54, 1.807) is 19.1 Å². The number of nitrogens with zero attached hydrogens (tertiary/aromatic N) is 2. The van der Waals surface area contributed by atoms with E-state index < -0.39 is 0 Å². The first-order valence-electron chi connectivity index (χ1n) is 8.43. The van der Waals surface area contributed by atoms with Gasteiger partial charge in [-0.25, -0.2) is 0 Å². The van der Waals surface area contributed by atoms with Gasteiger partial charge in [0, 0.05) is 19.5 Å². The normalized spacial score (nSPS) is 20.6. The first kappa shape index (κ1) is 16.6. The van der Waals surface area contributed by atoms with Gasteiger partial charge in [0.2, 0.25) is 11.8 Å². The van der Waals surface area contributed by atoms with Gasteiger partial charge < -0.3 is 19.3 Å². The molecule has 2 aliphatic heterocycles. The highest BCUT2D eigenvalue weighted by atomic mass is 16.5. The largest absolute Gasteiger partial charge is 0.493 e. The summed E-state index contributed by atoms with van der Waals surface area (Å²) in [7, 11) is 3.22. The van der Waals surface area contributed by atoms with Crippen molar-refractivity contribution in [2.45, 2.75) is 31.7 Å². The average Bonchev–Trinajstić information content (AvgIpc) is 3.23. The molecule has 0 spiro atoms. The molecule has 0 radical (unpaired) electrons. The number of ether oxygens (including phenoxy) is 2. The monoisotopic (exact) mass is 332 g/mol. The van der Waals surface area contributed by atoms with Crippen LogP contribution in [0, 0.1) is 0 Å². The van der Waals surface area contributed by atoms with Crippen molar-refractivity contribution < 1.29 is 19.1 Å². The third-order valence-corrected chi connectivity index (χ3v) is 4.86. The molecule has 130 valence electrons. The Morgan fingerprint density at radius 1 is 1.17 bits per heavy atom. The molecule has 24 heavy (non-hydrogen) atoms. The van der Waals surface area contributed by atoms with Crippen LogP contribution in [0.1, 0.15) is 37.3 Å². The quantitative estimate of drug-likeness (QED) is 0.827. The number of methoxy groups -OCH3 is 2. The molecule has 1 aromatic carbocycles. The van der Waals surface area contributed by atoms with Crippen molar-refractivity contribution in [1.82, 2.24) is 9.80 Å². The molecule has 0 bridgehead atoms. The van der Waals surface area contributed by atoms with E-state index in [4.69, 9.17) is 9.47 Å². The average molecular weight is 332 g/mol. The van der Waals surface area contributed by atoms with E-state index in [0.717, 1.165) is 31.4 Å². The van der Waals surface area contributed by atoms with Gasteiger partial charge in [0.15, 0.2) is 11.5 Å². The van der Waals surface area contributed by atoms with Crippen molar-refractivity contribution in [3.63, 3.8) is 0 Å². The second-order valence-electron chi connectivity index (χ2n) is 6.28. The van der Waals surface area contributed by atoms with Crippen molar-refractivity contribution >= 4 is 11.8 Å². The molecule has 2 fully saturated rings. The minimum Gasteiger partial charge on any atom is -0.493 e. The molecule has 2 heterocycles. The number of amides is 2. The Hall–Kier alpha value is -2.24. The van der Waals surface area contributed by atoms with Crippen LogP contribution in [0.5, 0.6) is 11.5 Å². The third-order valence-electron chi connectivity index (χ3n) is 4.86. The van der Waals surface area contributed by atoms with E-state index in [1.165, 1.54) is 0 Å². The van der Waals surface area contributed by atoms with E-state index >= 15 is 0 Å². The molecule has 0 saturated carbocycles. The molecule has 0 aromatic heterocycles. The molecule has 2 amide bonds. The molecule has 1 unspecified atom stereocenters. The van der Waals surface area contributed by atoms with Crippen LogP contribution in [0.4, 0.5) is 0 Å². The van der Waals surface area contributed by atoms with E-state index in [0.29, 0.717) is 24.5 Å². The van der Waals surface area contributed by atoms with E-state index in [2.05, 4.69) is 0 Å². The predicted molar refractivity (Wildman–Crippen MR) is 89.0 cm³/mol.